The summed E-state index contributed by atoms with van der Waals surface area (Å²) in [6.07, 6.45) is 2.62. The zero-order valence-electron chi connectivity index (χ0n) is 17.0. The summed E-state index contributed by atoms with van der Waals surface area (Å²) in [7, 11) is 0. The highest BCUT2D eigenvalue weighted by Gasteiger charge is 2.33. The summed E-state index contributed by atoms with van der Waals surface area (Å²) in [5.41, 5.74) is 0.506. The molecule has 1 atom stereocenters. The fourth-order valence-corrected chi connectivity index (χ4v) is 3.57. The molecule has 0 bridgehead atoms. The first-order valence-electron chi connectivity index (χ1n) is 10.2. The summed E-state index contributed by atoms with van der Waals surface area (Å²) < 4.78 is 11.4. The standard InChI is InChI=1S/C22H24N4O5/c27-20(7-10-24-21(28)16-5-8-23-9-6-16)25-11-13-26(14-12-25)22(29)19-15-30-17-3-1-2-4-18(17)31-19/h1-6,8-9,19H,7,10-15H2,(H,24,28)/t19-/m0/s1. The monoisotopic (exact) mass is 424 g/mol. The number of para-hydroxylation sites is 2. The lowest BCUT2D eigenvalue weighted by atomic mass is 10.2. The second-order valence-electron chi connectivity index (χ2n) is 7.31. The minimum absolute atomic E-state index is 0.0479. The third-order valence-corrected chi connectivity index (χ3v) is 5.30. The van der Waals surface area contributed by atoms with Crippen LogP contribution in [0.25, 0.3) is 0 Å². The smallest absolute Gasteiger partial charge is 0.267 e. The van der Waals surface area contributed by atoms with Gasteiger partial charge in [0.05, 0.1) is 0 Å². The van der Waals surface area contributed by atoms with Crippen LogP contribution in [0.5, 0.6) is 11.5 Å². The number of benzene rings is 1. The van der Waals surface area contributed by atoms with Gasteiger partial charge in [0, 0.05) is 57.1 Å². The average molecular weight is 424 g/mol. The highest BCUT2D eigenvalue weighted by Crippen LogP contribution is 2.31. The van der Waals surface area contributed by atoms with Gasteiger partial charge in [0.1, 0.15) is 6.61 Å². The highest BCUT2D eigenvalue weighted by molar-refractivity contribution is 5.94. The molecule has 3 heterocycles. The Labute approximate surface area is 179 Å². The van der Waals surface area contributed by atoms with Crippen molar-refractivity contribution in [1.29, 1.82) is 0 Å². The molecule has 1 N–H and O–H groups in total. The number of carbonyl (C=O) groups is 3. The summed E-state index contributed by atoms with van der Waals surface area (Å²) in [4.78, 5) is 44.5. The maximum absolute atomic E-state index is 12.8. The summed E-state index contributed by atoms with van der Waals surface area (Å²) >= 11 is 0. The van der Waals surface area contributed by atoms with Crippen molar-refractivity contribution in [3.63, 3.8) is 0 Å². The number of pyridine rings is 1. The first-order chi connectivity index (χ1) is 15.1. The van der Waals surface area contributed by atoms with E-state index in [0.717, 1.165) is 0 Å². The van der Waals surface area contributed by atoms with E-state index in [1.807, 2.05) is 12.1 Å². The largest absolute Gasteiger partial charge is 0.485 e. The molecule has 2 aromatic rings. The van der Waals surface area contributed by atoms with Crippen molar-refractivity contribution in [2.45, 2.75) is 12.5 Å². The normalized spacial score (nSPS) is 17.7. The van der Waals surface area contributed by atoms with E-state index in [0.29, 0.717) is 43.2 Å². The van der Waals surface area contributed by atoms with E-state index < -0.39 is 6.10 Å². The number of amides is 3. The minimum atomic E-state index is -0.680. The number of rotatable bonds is 5. The number of hydrogen-bond acceptors (Lipinski definition) is 6. The highest BCUT2D eigenvalue weighted by atomic mass is 16.6. The minimum Gasteiger partial charge on any atom is -0.485 e. The summed E-state index contributed by atoms with van der Waals surface area (Å²) in [5.74, 6) is 0.786. The van der Waals surface area contributed by atoms with Crippen molar-refractivity contribution < 1.29 is 23.9 Å². The van der Waals surface area contributed by atoms with Gasteiger partial charge in [-0.1, -0.05) is 12.1 Å². The Morgan fingerprint density at radius 3 is 2.39 bits per heavy atom. The molecule has 3 amide bonds. The van der Waals surface area contributed by atoms with Gasteiger partial charge in [0.25, 0.3) is 11.8 Å². The molecule has 1 aromatic heterocycles. The van der Waals surface area contributed by atoms with Crippen LogP contribution >= 0.6 is 0 Å². The summed E-state index contributed by atoms with van der Waals surface area (Å²) in [5, 5.41) is 2.74. The van der Waals surface area contributed by atoms with E-state index in [9.17, 15) is 14.4 Å². The lowest BCUT2D eigenvalue weighted by Crippen LogP contribution is -2.55. The SMILES string of the molecule is O=C(NCCC(=O)N1CCN(C(=O)[C@@H]2COc3ccccc3O2)CC1)c1ccncc1. The topological polar surface area (TPSA) is 101 Å². The van der Waals surface area contributed by atoms with Crippen LogP contribution in [0.4, 0.5) is 0 Å². The zero-order valence-corrected chi connectivity index (χ0v) is 17.0. The molecule has 1 aromatic carbocycles. The third-order valence-electron chi connectivity index (χ3n) is 5.30. The Bertz CT molecular complexity index is 944. The van der Waals surface area contributed by atoms with Gasteiger partial charge in [0.2, 0.25) is 12.0 Å². The number of ether oxygens (including phenoxy) is 2. The molecule has 1 fully saturated rings. The number of hydrogen-bond donors (Lipinski definition) is 1. The number of piperazine rings is 1. The molecule has 1 saturated heterocycles. The van der Waals surface area contributed by atoms with E-state index in [-0.39, 0.29) is 37.3 Å². The molecule has 31 heavy (non-hydrogen) atoms. The molecule has 2 aliphatic heterocycles. The number of nitrogens with one attached hydrogen (secondary N) is 1. The van der Waals surface area contributed by atoms with Crippen LogP contribution in [-0.2, 0) is 9.59 Å². The van der Waals surface area contributed by atoms with Gasteiger partial charge in [-0.25, -0.2) is 0 Å². The fourth-order valence-electron chi connectivity index (χ4n) is 3.57. The van der Waals surface area contributed by atoms with E-state index in [1.165, 1.54) is 0 Å². The fraction of sp³-hybridized carbons (Fsp3) is 0.364. The van der Waals surface area contributed by atoms with E-state index in [4.69, 9.17) is 9.47 Å². The lowest BCUT2D eigenvalue weighted by molar-refractivity contribution is -0.146. The van der Waals surface area contributed by atoms with Crippen molar-refractivity contribution >= 4 is 17.7 Å². The molecule has 162 valence electrons. The first kappa shape index (κ1) is 20.6. The van der Waals surface area contributed by atoms with Gasteiger partial charge >= 0.3 is 0 Å². The Morgan fingerprint density at radius 1 is 0.968 bits per heavy atom. The van der Waals surface area contributed by atoms with Crippen molar-refractivity contribution in [3.05, 3.63) is 54.4 Å². The molecule has 9 heteroatoms. The molecular formula is C22H24N4O5. The Kier molecular flexibility index (Phi) is 6.30. The molecule has 0 aliphatic carbocycles. The van der Waals surface area contributed by atoms with Gasteiger partial charge in [-0.3, -0.25) is 19.4 Å². The molecule has 9 nitrogen and oxygen atoms in total. The van der Waals surface area contributed by atoms with Crippen LogP contribution in [0.2, 0.25) is 0 Å². The van der Waals surface area contributed by atoms with Crippen LogP contribution in [0.15, 0.2) is 48.8 Å². The van der Waals surface area contributed by atoms with Gasteiger partial charge < -0.3 is 24.6 Å². The van der Waals surface area contributed by atoms with Crippen LogP contribution in [0, 0.1) is 0 Å². The van der Waals surface area contributed by atoms with Crippen molar-refractivity contribution in [2.24, 2.45) is 0 Å². The quantitative estimate of drug-likeness (QED) is 0.759. The van der Waals surface area contributed by atoms with Crippen LogP contribution < -0.4 is 14.8 Å². The third kappa shape index (κ3) is 4.93. The van der Waals surface area contributed by atoms with Crippen molar-refractivity contribution in [1.82, 2.24) is 20.1 Å². The predicted octanol–water partition coefficient (Wildman–Crippen LogP) is 0.712. The van der Waals surface area contributed by atoms with Crippen molar-refractivity contribution in [3.8, 4) is 11.5 Å². The maximum Gasteiger partial charge on any atom is 0.267 e. The molecule has 0 spiro atoms. The Morgan fingerprint density at radius 2 is 1.65 bits per heavy atom. The molecule has 0 saturated carbocycles. The van der Waals surface area contributed by atoms with Gasteiger partial charge in [-0.15, -0.1) is 0 Å². The molecule has 0 unspecified atom stereocenters. The van der Waals surface area contributed by atoms with Crippen LogP contribution in [-0.4, -0.2) is 77.9 Å². The summed E-state index contributed by atoms with van der Waals surface area (Å²) in [6.45, 7) is 2.21. The van der Waals surface area contributed by atoms with Crippen LogP contribution in [0.3, 0.4) is 0 Å². The molecular weight excluding hydrogens is 400 g/mol. The second-order valence-corrected chi connectivity index (χ2v) is 7.31. The zero-order chi connectivity index (χ0) is 21.6. The predicted molar refractivity (Wildman–Crippen MR) is 111 cm³/mol. The van der Waals surface area contributed by atoms with E-state index in [1.54, 1.807) is 46.5 Å². The van der Waals surface area contributed by atoms with Gasteiger partial charge in [-0.2, -0.15) is 0 Å². The lowest BCUT2D eigenvalue weighted by Gasteiger charge is -2.37. The molecule has 0 radical (unpaired) electrons. The first-order valence-corrected chi connectivity index (χ1v) is 10.2. The number of carbonyl (C=O) groups excluding carboxylic acids is 3. The maximum atomic E-state index is 12.8. The number of nitrogens with zero attached hydrogens (tertiary/aromatic N) is 3. The number of aromatic nitrogens is 1. The molecule has 4 rings (SSSR count). The Hall–Kier alpha value is -3.62. The van der Waals surface area contributed by atoms with Gasteiger partial charge in [0.15, 0.2) is 11.5 Å². The van der Waals surface area contributed by atoms with Crippen LogP contribution in [0.1, 0.15) is 16.8 Å². The Balaban J connectivity index is 1.20. The van der Waals surface area contributed by atoms with E-state index in [2.05, 4.69) is 10.3 Å². The molecule has 2 aliphatic rings. The average Bonchev–Trinajstić information content (AvgIpc) is 2.83. The van der Waals surface area contributed by atoms with Crippen molar-refractivity contribution in [2.75, 3.05) is 39.3 Å². The van der Waals surface area contributed by atoms with Gasteiger partial charge in [-0.05, 0) is 24.3 Å². The van der Waals surface area contributed by atoms with E-state index >= 15 is 0 Å². The second kappa shape index (κ2) is 9.46. The number of fused-ring (bicyclic) bond motifs is 1. The summed E-state index contributed by atoms with van der Waals surface area (Å²) in [6, 6.07) is 10.5.